The maximum absolute atomic E-state index is 13.4. The van der Waals surface area contributed by atoms with Gasteiger partial charge in [0.05, 0.1) is 30.4 Å². The number of benzene rings is 3. The van der Waals surface area contributed by atoms with Crippen LogP contribution in [0, 0.1) is 0 Å². The molecule has 7 heteroatoms. The zero-order valence-corrected chi connectivity index (χ0v) is 21.4. The Labute approximate surface area is 215 Å². The lowest BCUT2D eigenvalue weighted by molar-refractivity contribution is -0.132. The van der Waals surface area contributed by atoms with E-state index in [1.54, 1.807) is 42.5 Å². The van der Waals surface area contributed by atoms with Gasteiger partial charge < -0.3 is 14.6 Å². The summed E-state index contributed by atoms with van der Waals surface area (Å²) < 4.78 is 10.8. The topological polar surface area (TPSA) is 76.1 Å². The molecule has 3 aromatic rings. The number of carbonyl (C=O) groups is 2. The third-order valence-electron chi connectivity index (χ3n) is 6.22. The quantitative estimate of drug-likeness (QED) is 0.225. The molecular weight excluding hydrogens is 478 g/mol. The minimum absolute atomic E-state index is 0.0404. The SMILES string of the molecule is CCOc1ccc(N2C(=O)C(=O)/C(=C(/O)c3cc(OC)ccc3Cl)C2c2ccc(C(C)C)cc2)cc1. The van der Waals surface area contributed by atoms with Crippen molar-refractivity contribution in [2.24, 2.45) is 0 Å². The number of aliphatic hydroxyl groups excluding tert-OH is 1. The van der Waals surface area contributed by atoms with Crippen molar-refractivity contribution >= 4 is 34.7 Å². The minimum atomic E-state index is -0.855. The second-order valence-corrected chi connectivity index (χ2v) is 9.17. The van der Waals surface area contributed by atoms with Gasteiger partial charge in [-0.05, 0) is 66.4 Å². The van der Waals surface area contributed by atoms with Crippen molar-refractivity contribution in [1.29, 1.82) is 0 Å². The summed E-state index contributed by atoms with van der Waals surface area (Å²) >= 11 is 6.39. The van der Waals surface area contributed by atoms with E-state index in [0.29, 0.717) is 35.3 Å². The molecule has 1 fully saturated rings. The molecule has 4 rings (SSSR count). The highest BCUT2D eigenvalue weighted by molar-refractivity contribution is 6.52. The summed E-state index contributed by atoms with van der Waals surface area (Å²) in [5.41, 5.74) is 2.49. The maximum Gasteiger partial charge on any atom is 0.300 e. The number of ketones is 1. The van der Waals surface area contributed by atoms with E-state index in [4.69, 9.17) is 21.1 Å². The monoisotopic (exact) mass is 505 g/mol. The van der Waals surface area contributed by atoms with E-state index in [0.717, 1.165) is 5.56 Å². The number of methoxy groups -OCH3 is 1. The lowest BCUT2D eigenvalue weighted by Crippen LogP contribution is -2.29. The third-order valence-corrected chi connectivity index (χ3v) is 6.55. The van der Waals surface area contributed by atoms with Crippen LogP contribution >= 0.6 is 11.6 Å². The van der Waals surface area contributed by atoms with E-state index in [1.165, 1.54) is 12.0 Å². The summed E-state index contributed by atoms with van der Waals surface area (Å²) in [5, 5.41) is 11.6. The van der Waals surface area contributed by atoms with Gasteiger partial charge >= 0.3 is 0 Å². The van der Waals surface area contributed by atoms with Crippen molar-refractivity contribution in [2.45, 2.75) is 32.7 Å². The molecule has 1 aliphatic rings. The Kier molecular flexibility index (Phi) is 7.36. The second-order valence-electron chi connectivity index (χ2n) is 8.76. The zero-order valence-electron chi connectivity index (χ0n) is 20.6. The molecule has 1 N–H and O–H groups in total. The maximum atomic E-state index is 13.4. The standard InChI is InChI=1S/C29H28ClNO5/c1-5-36-21-12-10-20(11-13-21)31-26(19-8-6-18(7-9-19)17(2)3)25(28(33)29(31)34)27(32)23-16-22(35-4)14-15-24(23)30/h6-17,26,32H,5H2,1-4H3/b27-25+. The molecule has 0 aromatic heterocycles. The van der Waals surface area contributed by atoms with Crippen molar-refractivity contribution in [3.05, 3.63) is 94.0 Å². The Bertz CT molecular complexity index is 1310. The molecule has 186 valence electrons. The summed E-state index contributed by atoms with van der Waals surface area (Å²) in [7, 11) is 1.49. The number of aliphatic hydroxyl groups is 1. The lowest BCUT2D eigenvalue weighted by atomic mass is 9.93. The summed E-state index contributed by atoms with van der Waals surface area (Å²) in [5.74, 6) is -0.468. The first-order valence-electron chi connectivity index (χ1n) is 11.7. The number of ether oxygens (including phenoxy) is 2. The van der Waals surface area contributed by atoms with Gasteiger partial charge in [0.25, 0.3) is 11.7 Å². The van der Waals surface area contributed by atoms with E-state index in [2.05, 4.69) is 13.8 Å². The first-order chi connectivity index (χ1) is 17.3. The second kappa shape index (κ2) is 10.5. The molecule has 36 heavy (non-hydrogen) atoms. The van der Waals surface area contributed by atoms with Crippen LogP contribution in [0.4, 0.5) is 5.69 Å². The number of nitrogens with zero attached hydrogens (tertiary/aromatic N) is 1. The molecule has 6 nitrogen and oxygen atoms in total. The smallest absolute Gasteiger partial charge is 0.300 e. The highest BCUT2D eigenvalue weighted by Gasteiger charge is 2.47. The van der Waals surface area contributed by atoms with Crippen LogP contribution in [0.2, 0.25) is 5.02 Å². The summed E-state index contributed by atoms with van der Waals surface area (Å²) in [4.78, 5) is 28.2. The number of amides is 1. The van der Waals surface area contributed by atoms with Crippen molar-refractivity contribution in [1.82, 2.24) is 0 Å². The molecular formula is C29H28ClNO5. The van der Waals surface area contributed by atoms with E-state index in [-0.39, 0.29) is 21.9 Å². The van der Waals surface area contributed by atoms with Crippen LogP contribution in [-0.4, -0.2) is 30.5 Å². The summed E-state index contributed by atoms with van der Waals surface area (Å²) in [6.45, 7) is 6.57. The number of hydrogen-bond acceptors (Lipinski definition) is 5. The van der Waals surface area contributed by atoms with Crippen molar-refractivity contribution in [2.75, 3.05) is 18.6 Å². The van der Waals surface area contributed by atoms with Gasteiger partial charge in [0.1, 0.15) is 17.3 Å². The van der Waals surface area contributed by atoms with Gasteiger partial charge in [-0.1, -0.05) is 49.7 Å². The fourth-order valence-electron chi connectivity index (χ4n) is 4.30. The third kappa shape index (κ3) is 4.69. The van der Waals surface area contributed by atoms with Gasteiger partial charge in [0.2, 0.25) is 0 Å². The normalized spacial score (nSPS) is 17.1. The Balaban J connectivity index is 1.91. The molecule has 0 bridgehead atoms. The number of rotatable bonds is 7. The van der Waals surface area contributed by atoms with Crippen molar-refractivity contribution in [3.8, 4) is 11.5 Å². The number of anilines is 1. The van der Waals surface area contributed by atoms with Crippen LogP contribution in [0.3, 0.4) is 0 Å². The first-order valence-corrected chi connectivity index (χ1v) is 12.1. The van der Waals surface area contributed by atoms with Crippen LogP contribution in [0.25, 0.3) is 5.76 Å². The average Bonchev–Trinajstić information content (AvgIpc) is 3.15. The van der Waals surface area contributed by atoms with Crippen molar-refractivity contribution < 1.29 is 24.2 Å². The molecule has 1 amide bonds. The van der Waals surface area contributed by atoms with E-state index in [9.17, 15) is 14.7 Å². The number of halogens is 1. The van der Waals surface area contributed by atoms with Crippen LogP contribution in [-0.2, 0) is 9.59 Å². The predicted molar refractivity (Wildman–Crippen MR) is 141 cm³/mol. The molecule has 0 saturated carbocycles. The van der Waals surface area contributed by atoms with Crippen LogP contribution < -0.4 is 14.4 Å². The van der Waals surface area contributed by atoms with Gasteiger partial charge in [-0.3, -0.25) is 14.5 Å². The van der Waals surface area contributed by atoms with Crippen molar-refractivity contribution in [3.63, 3.8) is 0 Å². The Morgan fingerprint density at radius 2 is 1.64 bits per heavy atom. The molecule has 0 radical (unpaired) electrons. The molecule has 1 heterocycles. The number of carbonyl (C=O) groups excluding carboxylic acids is 2. The highest BCUT2D eigenvalue weighted by atomic mass is 35.5. The fourth-order valence-corrected chi connectivity index (χ4v) is 4.51. The Morgan fingerprint density at radius 3 is 2.22 bits per heavy atom. The molecule has 0 spiro atoms. The fraction of sp³-hybridized carbons (Fsp3) is 0.241. The Morgan fingerprint density at radius 1 is 1.00 bits per heavy atom. The van der Waals surface area contributed by atoms with E-state index < -0.39 is 17.7 Å². The lowest BCUT2D eigenvalue weighted by Gasteiger charge is -2.26. The van der Waals surface area contributed by atoms with Crippen LogP contribution in [0.5, 0.6) is 11.5 Å². The Hall–Kier alpha value is -3.77. The molecule has 1 unspecified atom stereocenters. The molecule has 1 atom stereocenters. The van der Waals surface area contributed by atoms with E-state index in [1.807, 2.05) is 31.2 Å². The van der Waals surface area contributed by atoms with Gasteiger partial charge in [0, 0.05) is 11.3 Å². The molecule has 1 aliphatic heterocycles. The van der Waals surface area contributed by atoms with Crippen LogP contribution in [0.1, 0.15) is 49.4 Å². The number of Topliss-reactive ketones (excluding diaryl/α,β-unsaturated/α-hetero) is 1. The van der Waals surface area contributed by atoms with Gasteiger partial charge in [-0.2, -0.15) is 0 Å². The van der Waals surface area contributed by atoms with E-state index >= 15 is 0 Å². The zero-order chi connectivity index (χ0) is 26.0. The number of hydrogen-bond donors (Lipinski definition) is 1. The minimum Gasteiger partial charge on any atom is -0.507 e. The predicted octanol–water partition coefficient (Wildman–Crippen LogP) is 6.50. The molecule has 0 aliphatic carbocycles. The first kappa shape index (κ1) is 25.3. The highest BCUT2D eigenvalue weighted by Crippen LogP contribution is 2.43. The van der Waals surface area contributed by atoms with Gasteiger partial charge in [-0.15, -0.1) is 0 Å². The summed E-state index contributed by atoms with van der Waals surface area (Å²) in [6, 6.07) is 18.6. The average molecular weight is 506 g/mol. The molecule has 1 saturated heterocycles. The largest absolute Gasteiger partial charge is 0.507 e. The van der Waals surface area contributed by atoms with Crippen LogP contribution in [0.15, 0.2) is 72.3 Å². The molecule has 3 aromatic carbocycles. The summed E-state index contributed by atoms with van der Waals surface area (Å²) in [6.07, 6.45) is 0. The van der Waals surface area contributed by atoms with Gasteiger partial charge in [0.15, 0.2) is 0 Å². The van der Waals surface area contributed by atoms with Gasteiger partial charge in [-0.25, -0.2) is 0 Å².